The van der Waals surface area contributed by atoms with Crippen LogP contribution in [-0.2, 0) is 10.1 Å². The summed E-state index contributed by atoms with van der Waals surface area (Å²) >= 11 is 0. The van der Waals surface area contributed by atoms with Gasteiger partial charge in [-0.1, -0.05) is 46.0 Å². The summed E-state index contributed by atoms with van der Waals surface area (Å²) in [5.41, 5.74) is -4.15. The summed E-state index contributed by atoms with van der Waals surface area (Å²) in [6.07, 6.45) is 18.0. The molecule has 0 amide bonds. The van der Waals surface area contributed by atoms with Crippen LogP contribution in [0.25, 0.3) is 0 Å². The largest absolute Gasteiger partial charge is 0.741 e. The monoisotopic (exact) mass is 371 g/mol. The molecule has 0 saturated carbocycles. The van der Waals surface area contributed by atoms with Crippen LogP contribution in [0.1, 0.15) is 65.2 Å². The van der Waals surface area contributed by atoms with E-state index in [2.05, 4.69) is 32.3 Å². The van der Waals surface area contributed by atoms with Crippen molar-refractivity contribution in [2.75, 3.05) is 6.54 Å². The Morgan fingerprint density at radius 1 is 1.04 bits per heavy atom. The Morgan fingerprint density at radius 2 is 1.54 bits per heavy atom. The van der Waals surface area contributed by atoms with Crippen LogP contribution in [0.5, 0.6) is 0 Å². The third-order valence-corrected chi connectivity index (χ3v) is 4.21. The summed E-state index contributed by atoms with van der Waals surface area (Å²) < 4.78 is 58.9. The van der Waals surface area contributed by atoms with Crippen LogP contribution >= 0.6 is 0 Å². The molecule has 1 rings (SSSR count). The Hall–Kier alpha value is -0.860. The van der Waals surface area contributed by atoms with Gasteiger partial charge in [0.15, 0.2) is 10.1 Å². The standard InChI is InChI=1S/C15H27N.CHF3O3S/c1-3-5-6-7-8-9-10-12-16-13-11-15(4-2)14-16;2-1(3,4)8(5,6)7/h11,13-14H,3-10,12H2,1-2H3;(H,5,6,7). The van der Waals surface area contributed by atoms with Gasteiger partial charge < -0.3 is 4.55 Å². The highest BCUT2D eigenvalue weighted by atomic mass is 32.2. The van der Waals surface area contributed by atoms with E-state index in [0.29, 0.717) is 0 Å². The molecule has 0 aliphatic carbocycles. The van der Waals surface area contributed by atoms with Crippen molar-refractivity contribution in [3.8, 4) is 0 Å². The average molecular weight is 371 g/mol. The predicted molar refractivity (Wildman–Crippen MR) is 87.1 cm³/mol. The Bertz CT molecular complexity index is 499. The Labute approximate surface area is 143 Å². The summed E-state index contributed by atoms with van der Waals surface area (Å²) in [6, 6.07) is 0. The van der Waals surface area contributed by atoms with Gasteiger partial charge in [-0.25, -0.2) is 8.42 Å². The summed E-state index contributed by atoms with van der Waals surface area (Å²) in [6.45, 7) is 5.79. The minimum atomic E-state index is -6.09. The van der Waals surface area contributed by atoms with Crippen LogP contribution in [0.3, 0.4) is 0 Å². The van der Waals surface area contributed by atoms with Crippen molar-refractivity contribution in [2.24, 2.45) is 0 Å². The van der Waals surface area contributed by atoms with Crippen LogP contribution < -0.4 is 4.90 Å². The minimum absolute atomic E-state index is 1.18. The second-order valence-corrected chi connectivity index (χ2v) is 7.12. The second-order valence-electron chi connectivity index (χ2n) is 5.75. The van der Waals surface area contributed by atoms with Gasteiger partial charge in [0, 0.05) is 11.6 Å². The number of quaternary nitrogens is 1. The van der Waals surface area contributed by atoms with E-state index < -0.39 is 15.6 Å². The first-order valence-electron chi connectivity index (χ1n) is 8.38. The first-order chi connectivity index (χ1) is 11.1. The number of hydrogen-bond acceptors (Lipinski definition) is 3. The van der Waals surface area contributed by atoms with Gasteiger partial charge in [-0.3, -0.25) is 4.90 Å². The maximum atomic E-state index is 10.7. The molecule has 0 radical (unpaired) electrons. The lowest BCUT2D eigenvalue weighted by Crippen LogP contribution is -3.01. The molecule has 1 aliphatic heterocycles. The minimum Gasteiger partial charge on any atom is -0.741 e. The molecule has 1 unspecified atom stereocenters. The van der Waals surface area contributed by atoms with E-state index in [1.807, 2.05) is 0 Å². The van der Waals surface area contributed by atoms with Gasteiger partial charge in [-0.2, -0.15) is 13.2 Å². The Morgan fingerprint density at radius 3 is 1.96 bits per heavy atom. The van der Waals surface area contributed by atoms with Gasteiger partial charge in [0.2, 0.25) is 0 Å². The lowest BCUT2D eigenvalue weighted by atomic mass is 10.1. The molecule has 0 aromatic carbocycles. The molecule has 0 aromatic rings. The van der Waals surface area contributed by atoms with Crippen molar-refractivity contribution in [3.63, 3.8) is 0 Å². The number of hydrogen-bond donors (Lipinski definition) is 1. The lowest BCUT2D eigenvalue weighted by molar-refractivity contribution is -0.788. The van der Waals surface area contributed by atoms with Gasteiger partial charge in [0.25, 0.3) is 0 Å². The zero-order valence-electron chi connectivity index (χ0n) is 14.4. The van der Waals surface area contributed by atoms with E-state index in [0.717, 1.165) is 0 Å². The van der Waals surface area contributed by atoms with E-state index in [9.17, 15) is 13.2 Å². The van der Waals surface area contributed by atoms with Gasteiger partial charge in [-0.15, -0.1) is 0 Å². The van der Waals surface area contributed by atoms with Gasteiger partial charge in [-0.05, 0) is 19.3 Å². The molecule has 142 valence electrons. The van der Waals surface area contributed by atoms with Crippen molar-refractivity contribution >= 4 is 10.1 Å². The molecule has 0 aromatic heterocycles. The number of unbranched alkanes of at least 4 members (excludes halogenated alkanes) is 6. The SMILES string of the molecule is CCCCCCCCC[NH+]1C=CC(CC)=C1.O=S(=O)([O-])C(F)(F)F. The van der Waals surface area contributed by atoms with E-state index >= 15 is 0 Å². The van der Waals surface area contributed by atoms with Crippen molar-refractivity contribution in [3.05, 3.63) is 24.0 Å². The normalized spacial score (nSPS) is 17.4. The Balaban J connectivity index is 0.000000561. The average Bonchev–Trinajstić information content (AvgIpc) is 2.93. The predicted octanol–water partition coefficient (Wildman–Crippen LogP) is 3.49. The molecular formula is C16H28F3NO3S. The zero-order chi connectivity index (χ0) is 18.6. The molecule has 1 heterocycles. The summed E-state index contributed by atoms with van der Waals surface area (Å²) in [5.74, 6) is 0. The van der Waals surface area contributed by atoms with Gasteiger partial charge in [0.05, 0.1) is 12.7 Å². The molecule has 0 bridgehead atoms. The van der Waals surface area contributed by atoms with Crippen LogP contribution in [0.4, 0.5) is 13.2 Å². The number of alkyl halides is 3. The Kier molecular flexibility index (Phi) is 11.2. The molecule has 4 nitrogen and oxygen atoms in total. The molecule has 0 saturated heterocycles. The van der Waals surface area contributed by atoms with E-state index in [-0.39, 0.29) is 0 Å². The second kappa shape index (κ2) is 11.7. The van der Waals surface area contributed by atoms with E-state index in [1.165, 1.54) is 63.5 Å². The fourth-order valence-corrected chi connectivity index (χ4v) is 2.21. The number of allylic oxidation sites excluding steroid dienone is 2. The zero-order valence-corrected chi connectivity index (χ0v) is 15.2. The first kappa shape index (κ1) is 23.1. The van der Waals surface area contributed by atoms with E-state index in [4.69, 9.17) is 13.0 Å². The highest BCUT2D eigenvalue weighted by Crippen LogP contribution is 2.20. The van der Waals surface area contributed by atoms with Gasteiger partial charge in [0.1, 0.15) is 6.20 Å². The van der Waals surface area contributed by atoms with Crippen LogP contribution in [0, 0.1) is 0 Å². The molecule has 1 atom stereocenters. The molecule has 8 heteroatoms. The fourth-order valence-electron chi connectivity index (χ4n) is 2.21. The maximum Gasteiger partial charge on any atom is 0.485 e. The topological polar surface area (TPSA) is 61.6 Å². The summed E-state index contributed by atoms with van der Waals surface area (Å²) in [4.78, 5) is 1.55. The smallest absolute Gasteiger partial charge is 0.485 e. The van der Waals surface area contributed by atoms with Crippen molar-refractivity contribution in [1.82, 2.24) is 0 Å². The number of halogens is 3. The molecular weight excluding hydrogens is 343 g/mol. The summed E-state index contributed by atoms with van der Waals surface area (Å²) in [7, 11) is -6.09. The van der Waals surface area contributed by atoms with Gasteiger partial charge >= 0.3 is 5.51 Å². The molecule has 0 fully saturated rings. The van der Waals surface area contributed by atoms with Crippen molar-refractivity contribution < 1.29 is 31.0 Å². The van der Waals surface area contributed by atoms with E-state index in [1.54, 1.807) is 4.90 Å². The molecule has 1 aliphatic rings. The van der Waals surface area contributed by atoms with Crippen LogP contribution in [-0.4, -0.2) is 25.0 Å². The third-order valence-electron chi connectivity index (χ3n) is 3.64. The van der Waals surface area contributed by atoms with Crippen LogP contribution in [0.15, 0.2) is 24.0 Å². The third kappa shape index (κ3) is 10.8. The summed E-state index contributed by atoms with van der Waals surface area (Å²) in [5, 5.41) is 0. The number of nitrogens with one attached hydrogen (secondary N) is 1. The van der Waals surface area contributed by atoms with Crippen molar-refractivity contribution in [1.29, 1.82) is 0 Å². The quantitative estimate of drug-likeness (QED) is 0.383. The maximum absolute atomic E-state index is 10.7. The highest BCUT2D eigenvalue weighted by molar-refractivity contribution is 7.86. The van der Waals surface area contributed by atoms with Crippen molar-refractivity contribution in [2.45, 2.75) is 70.7 Å². The first-order valence-corrected chi connectivity index (χ1v) is 9.79. The highest BCUT2D eigenvalue weighted by Gasteiger charge is 2.36. The van der Waals surface area contributed by atoms with Crippen LogP contribution in [0.2, 0.25) is 0 Å². The fraction of sp³-hybridized carbons (Fsp3) is 0.750. The lowest BCUT2D eigenvalue weighted by Gasteiger charge is -2.08. The number of rotatable bonds is 9. The molecule has 24 heavy (non-hydrogen) atoms. The molecule has 1 N–H and O–H groups in total. The molecule has 0 spiro atoms.